The summed E-state index contributed by atoms with van der Waals surface area (Å²) in [4.78, 5) is 26.3. The lowest BCUT2D eigenvalue weighted by Gasteiger charge is -2.32. The van der Waals surface area contributed by atoms with Crippen molar-refractivity contribution in [3.05, 3.63) is 65.2 Å². The number of primary amides is 1. The zero-order chi connectivity index (χ0) is 22.1. The molecule has 0 heterocycles. The Bertz CT molecular complexity index is 847. The minimum absolute atomic E-state index is 0.0272. The van der Waals surface area contributed by atoms with Gasteiger partial charge in [0.05, 0.1) is 6.61 Å². The van der Waals surface area contributed by atoms with E-state index >= 15 is 0 Å². The number of nitrogens with two attached hydrogens (primary N) is 1. The van der Waals surface area contributed by atoms with E-state index in [4.69, 9.17) is 10.5 Å². The van der Waals surface area contributed by atoms with Gasteiger partial charge in [-0.15, -0.1) is 0 Å². The highest BCUT2D eigenvalue weighted by molar-refractivity contribution is 5.82. The third kappa shape index (κ3) is 7.21. The molecule has 0 aromatic heterocycles. The van der Waals surface area contributed by atoms with E-state index in [1.54, 1.807) is 4.90 Å². The molecule has 0 aliphatic heterocycles. The fourth-order valence-corrected chi connectivity index (χ4v) is 3.40. The van der Waals surface area contributed by atoms with Crippen LogP contribution < -0.4 is 10.5 Å². The lowest BCUT2D eigenvalue weighted by atomic mass is 9.86. The van der Waals surface area contributed by atoms with Crippen molar-refractivity contribution in [2.24, 2.45) is 11.1 Å². The lowest BCUT2D eigenvalue weighted by molar-refractivity contribution is -0.141. The van der Waals surface area contributed by atoms with Gasteiger partial charge in [0, 0.05) is 24.9 Å². The largest absolute Gasteiger partial charge is 0.493 e. The van der Waals surface area contributed by atoms with E-state index in [1.807, 2.05) is 64.1 Å². The number of hydrogen-bond acceptors (Lipinski definition) is 3. The van der Waals surface area contributed by atoms with Crippen molar-refractivity contribution >= 4 is 11.8 Å². The summed E-state index contributed by atoms with van der Waals surface area (Å²) in [5.74, 6) is 0.520. The molecular formula is C25H34N2O3. The topological polar surface area (TPSA) is 72.6 Å². The molecule has 0 aliphatic rings. The van der Waals surface area contributed by atoms with Crippen LogP contribution in [0.1, 0.15) is 49.8 Å². The Balaban J connectivity index is 1.96. The predicted molar refractivity (Wildman–Crippen MR) is 120 cm³/mol. The van der Waals surface area contributed by atoms with Crippen LogP contribution in [-0.2, 0) is 16.1 Å². The molecule has 162 valence electrons. The van der Waals surface area contributed by atoms with E-state index in [2.05, 4.69) is 12.1 Å². The lowest BCUT2D eigenvalue weighted by Crippen LogP contribution is -2.42. The van der Waals surface area contributed by atoms with Gasteiger partial charge in [-0.1, -0.05) is 56.3 Å². The van der Waals surface area contributed by atoms with Crippen LogP contribution in [0, 0.1) is 19.3 Å². The number of benzene rings is 2. The third-order valence-corrected chi connectivity index (χ3v) is 5.26. The normalized spacial score (nSPS) is 11.2. The molecule has 0 unspecified atom stereocenters. The van der Waals surface area contributed by atoms with E-state index in [0.29, 0.717) is 26.1 Å². The smallest absolute Gasteiger partial charge is 0.228 e. The van der Waals surface area contributed by atoms with Crippen LogP contribution in [0.3, 0.4) is 0 Å². The molecule has 0 saturated heterocycles. The van der Waals surface area contributed by atoms with Crippen molar-refractivity contribution in [2.45, 2.75) is 53.5 Å². The molecule has 5 nitrogen and oxygen atoms in total. The van der Waals surface area contributed by atoms with E-state index in [-0.39, 0.29) is 12.3 Å². The summed E-state index contributed by atoms with van der Waals surface area (Å²) in [7, 11) is 0. The Morgan fingerprint density at radius 1 is 1.07 bits per heavy atom. The van der Waals surface area contributed by atoms with Gasteiger partial charge in [0.2, 0.25) is 11.8 Å². The quantitative estimate of drug-likeness (QED) is 0.558. The highest BCUT2D eigenvalue weighted by Gasteiger charge is 2.31. The maximum absolute atomic E-state index is 13.3. The van der Waals surface area contributed by atoms with Crippen LogP contribution in [0.5, 0.6) is 5.75 Å². The first-order valence-electron chi connectivity index (χ1n) is 10.5. The van der Waals surface area contributed by atoms with E-state index in [0.717, 1.165) is 28.9 Å². The zero-order valence-corrected chi connectivity index (χ0v) is 18.6. The average Bonchev–Trinajstić information content (AvgIpc) is 2.71. The minimum Gasteiger partial charge on any atom is -0.493 e. The molecule has 30 heavy (non-hydrogen) atoms. The maximum atomic E-state index is 13.3. The van der Waals surface area contributed by atoms with Crippen molar-refractivity contribution in [3.8, 4) is 5.75 Å². The zero-order valence-electron chi connectivity index (χ0n) is 18.6. The number of carbonyl (C=O) groups is 2. The highest BCUT2D eigenvalue weighted by atomic mass is 16.5. The number of carbonyl (C=O) groups excluding carboxylic acids is 2. The number of rotatable bonds is 11. The number of hydrogen-bond donors (Lipinski definition) is 1. The van der Waals surface area contributed by atoms with E-state index < -0.39 is 11.3 Å². The van der Waals surface area contributed by atoms with E-state index in [9.17, 15) is 9.59 Å². The van der Waals surface area contributed by atoms with Gasteiger partial charge in [-0.3, -0.25) is 9.59 Å². The molecule has 5 heteroatoms. The summed E-state index contributed by atoms with van der Waals surface area (Å²) in [6, 6.07) is 16.0. The van der Waals surface area contributed by atoms with Crippen LogP contribution >= 0.6 is 0 Å². The Hall–Kier alpha value is -2.82. The number of ether oxygens (including phenoxy) is 1. The first-order chi connectivity index (χ1) is 14.2. The second kappa shape index (κ2) is 10.8. The number of aryl methyl sites for hydroxylation is 2. The predicted octanol–water partition coefficient (Wildman–Crippen LogP) is 4.39. The molecule has 0 bridgehead atoms. The maximum Gasteiger partial charge on any atom is 0.228 e. The molecule has 2 aromatic rings. The van der Waals surface area contributed by atoms with Crippen LogP contribution in [0.4, 0.5) is 0 Å². The van der Waals surface area contributed by atoms with Gasteiger partial charge in [-0.2, -0.15) is 0 Å². The Morgan fingerprint density at radius 3 is 2.43 bits per heavy atom. The van der Waals surface area contributed by atoms with Gasteiger partial charge in [0.25, 0.3) is 0 Å². The van der Waals surface area contributed by atoms with Gasteiger partial charge >= 0.3 is 0 Å². The van der Waals surface area contributed by atoms with Crippen LogP contribution in [0.15, 0.2) is 48.5 Å². The number of amides is 2. The summed E-state index contributed by atoms with van der Waals surface area (Å²) in [6.45, 7) is 9.33. The molecule has 2 amide bonds. The van der Waals surface area contributed by atoms with Crippen molar-refractivity contribution in [2.75, 3.05) is 13.2 Å². The van der Waals surface area contributed by atoms with Crippen LogP contribution in [-0.4, -0.2) is 29.9 Å². The van der Waals surface area contributed by atoms with Crippen molar-refractivity contribution in [3.63, 3.8) is 0 Å². The molecule has 2 N–H and O–H groups in total. The number of nitrogens with zero attached hydrogens (tertiary/aromatic N) is 1. The first kappa shape index (κ1) is 23.5. The molecule has 0 spiro atoms. The SMILES string of the molecule is Cc1ccc(C)c(OCCCC(C)(C)C(=O)N(CCC(N)=O)Cc2ccccc2)c1. The summed E-state index contributed by atoms with van der Waals surface area (Å²) in [6.07, 6.45) is 1.62. The van der Waals surface area contributed by atoms with Crippen LogP contribution in [0.25, 0.3) is 0 Å². The summed E-state index contributed by atoms with van der Waals surface area (Å²) >= 11 is 0. The molecule has 2 aromatic carbocycles. The molecule has 0 fully saturated rings. The van der Waals surface area contributed by atoms with Gasteiger partial charge < -0.3 is 15.4 Å². The summed E-state index contributed by atoms with van der Waals surface area (Å²) in [5, 5.41) is 0. The molecule has 2 rings (SSSR count). The first-order valence-corrected chi connectivity index (χ1v) is 10.5. The van der Waals surface area contributed by atoms with Crippen LogP contribution in [0.2, 0.25) is 0 Å². The van der Waals surface area contributed by atoms with Gasteiger partial charge in [-0.05, 0) is 49.4 Å². The molecule has 0 aliphatic carbocycles. The highest BCUT2D eigenvalue weighted by Crippen LogP contribution is 2.27. The fourth-order valence-electron chi connectivity index (χ4n) is 3.40. The minimum atomic E-state index is -0.558. The van der Waals surface area contributed by atoms with Crippen molar-refractivity contribution in [1.29, 1.82) is 0 Å². The average molecular weight is 411 g/mol. The van der Waals surface area contributed by atoms with Gasteiger partial charge in [0.15, 0.2) is 0 Å². The van der Waals surface area contributed by atoms with Gasteiger partial charge in [-0.25, -0.2) is 0 Å². The monoisotopic (exact) mass is 410 g/mol. The third-order valence-electron chi connectivity index (χ3n) is 5.26. The summed E-state index contributed by atoms with van der Waals surface area (Å²) in [5.41, 5.74) is 8.07. The van der Waals surface area contributed by atoms with Crippen molar-refractivity contribution < 1.29 is 14.3 Å². The second-order valence-electron chi connectivity index (χ2n) is 8.53. The van der Waals surface area contributed by atoms with E-state index in [1.165, 1.54) is 0 Å². The van der Waals surface area contributed by atoms with Crippen molar-refractivity contribution in [1.82, 2.24) is 4.90 Å². The molecule has 0 atom stereocenters. The second-order valence-corrected chi connectivity index (χ2v) is 8.53. The summed E-state index contributed by atoms with van der Waals surface area (Å²) < 4.78 is 5.94. The fraction of sp³-hybridized carbons (Fsp3) is 0.440. The molecule has 0 radical (unpaired) electrons. The Labute approximate surface area is 180 Å². The Morgan fingerprint density at radius 2 is 1.77 bits per heavy atom. The molecule has 0 saturated carbocycles. The standard InChI is InChI=1S/C25H34N2O3/c1-19-11-12-20(2)22(17-19)30-16-8-14-25(3,4)24(29)27(15-13-23(26)28)18-21-9-6-5-7-10-21/h5-7,9-12,17H,8,13-16,18H2,1-4H3,(H2,26,28). The Kier molecular flexibility index (Phi) is 8.46. The van der Waals surface area contributed by atoms with Gasteiger partial charge in [0.1, 0.15) is 5.75 Å². The molecular weight excluding hydrogens is 376 g/mol.